The van der Waals surface area contributed by atoms with Crippen LogP contribution in [0.5, 0.6) is 0 Å². The summed E-state index contributed by atoms with van der Waals surface area (Å²) >= 11 is 0. The molecule has 1 aromatic rings. The minimum atomic E-state index is -0.816. The second kappa shape index (κ2) is 5.29. The van der Waals surface area contributed by atoms with Gasteiger partial charge in [-0.15, -0.1) is 0 Å². The first-order valence-corrected chi connectivity index (χ1v) is 6.17. The van der Waals surface area contributed by atoms with Crippen molar-refractivity contribution in [3.05, 3.63) is 12.0 Å². The number of nitrogens with zero attached hydrogens (tertiary/aromatic N) is 1. The molecule has 1 heterocycles. The summed E-state index contributed by atoms with van der Waals surface area (Å²) < 4.78 is 9.83. The van der Waals surface area contributed by atoms with Crippen LogP contribution in [0.1, 0.15) is 36.7 Å². The van der Waals surface area contributed by atoms with Crippen LogP contribution >= 0.6 is 0 Å². The van der Waals surface area contributed by atoms with Crippen molar-refractivity contribution < 1.29 is 23.8 Å². The van der Waals surface area contributed by atoms with Gasteiger partial charge in [0.1, 0.15) is 6.26 Å². The molecule has 0 amide bonds. The van der Waals surface area contributed by atoms with Crippen LogP contribution in [-0.4, -0.2) is 35.2 Å². The number of hydrogen-bond acceptors (Lipinski definition) is 6. The minimum Gasteiger partial charge on any atom is -0.481 e. The van der Waals surface area contributed by atoms with E-state index in [4.69, 9.17) is 14.3 Å². The molecule has 2 N–H and O–H groups in total. The fourth-order valence-electron chi connectivity index (χ4n) is 1.97. The maximum Gasteiger partial charge on any atom is 0.360 e. The second-order valence-electron chi connectivity index (χ2n) is 4.55. The molecule has 0 spiro atoms. The fourth-order valence-corrected chi connectivity index (χ4v) is 1.97. The number of esters is 1. The number of anilines is 1. The van der Waals surface area contributed by atoms with Gasteiger partial charge in [0.25, 0.3) is 6.01 Å². The van der Waals surface area contributed by atoms with Crippen LogP contribution < -0.4 is 5.32 Å². The van der Waals surface area contributed by atoms with E-state index in [0.717, 1.165) is 6.42 Å². The average Bonchev–Trinajstić information content (AvgIpc) is 2.76. The molecule has 1 saturated carbocycles. The molecule has 0 aromatic carbocycles. The summed E-state index contributed by atoms with van der Waals surface area (Å²) in [7, 11) is 0. The SMILES string of the molecule is CCOC(=O)c1coc(NCC2(C(=O)O)CCC2)n1. The van der Waals surface area contributed by atoms with Gasteiger partial charge in [-0.2, -0.15) is 4.98 Å². The smallest absolute Gasteiger partial charge is 0.360 e. The van der Waals surface area contributed by atoms with E-state index < -0.39 is 17.4 Å². The Morgan fingerprint density at radius 3 is 2.84 bits per heavy atom. The molecule has 7 heteroatoms. The Bertz CT molecular complexity index is 478. The first-order chi connectivity index (χ1) is 9.07. The van der Waals surface area contributed by atoms with Crippen molar-refractivity contribution in [3.63, 3.8) is 0 Å². The Kier molecular flexibility index (Phi) is 3.73. The van der Waals surface area contributed by atoms with Crippen LogP contribution in [0.2, 0.25) is 0 Å². The normalized spacial score (nSPS) is 16.5. The lowest BCUT2D eigenvalue weighted by atomic mass is 9.69. The number of ether oxygens (including phenoxy) is 1. The molecule has 1 aromatic heterocycles. The Labute approximate surface area is 110 Å². The number of carbonyl (C=O) groups is 2. The van der Waals surface area contributed by atoms with Crippen LogP contribution in [0.4, 0.5) is 6.01 Å². The van der Waals surface area contributed by atoms with Crippen LogP contribution in [0, 0.1) is 5.41 Å². The topological polar surface area (TPSA) is 102 Å². The monoisotopic (exact) mass is 268 g/mol. The quantitative estimate of drug-likeness (QED) is 0.754. The van der Waals surface area contributed by atoms with Crippen molar-refractivity contribution in [2.24, 2.45) is 5.41 Å². The van der Waals surface area contributed by atoms with Crippen LogP contribution in [0.3, 0.4) is 0 Å². The lowest BCUT2D eigenvalue weighted by Crippen LogP contribution is -2.43. The van der Waals surface area contributed by atoms with Gasteiger partial charge in [-0.3, -0.25) is 4.79 Å². The van der Waals surface area contributed by atoms with Crippen molar-refractivity contribution in [1.29, 1.82) is 0 Å². The number of aromatic nitrogens is 1. The summed E-state index contributed by atoms with van der Waals surface area (Å²) in [6.45, 7) is 2.20. The van der Waals surface area contributed by atoms with E-state index in [1.807, 2.05) is 0 Å². The number of carbonyl (C=O) groups excluding carboxylic acids is 1. The number of oxazole rings is 1. The molecule has 0 unspecified atom stereocenters. The molecule has 0 saturated heterocycles. The number of rotatable bonds is 6. The number of hydrogen-bond donors (Lipinski definition) is 2. The standard InChI is InChI=1S/C12H16N2O5/c1-2-18-9(15)8-6-19-11(14-8)13-7-12(10(16)17)4-3-5-12/h6H,2-5,7H2,1H3,(H,13,14)(H,16,17). The van der Waals surface area contributed by atoms with E-state index in [9.17, 15) is 9.59 Å². The second-order valence-corrected chi connectivity index (χ2v) is 4.55. The van der Waals surface area contributed by atoms with Gasteiger partial charge in [0.2, 0.25) is 0 Å². The highest BCUT2D eigenvalue weighted by molar-refractivity contribution is 5.87. The van der Waals surface area contributed by atoms with E-state index in [1.165, 1.54) is 6.26 Å². The number of nitrogens with one attached hydrogen (secondary N) is 1. The lowest BCUT2D eigenvalue weighted by Gasteiger charge is -2.37. The Balaban J connectivity index is 1.93. The third kappa shape index (κ3) is 2.69. The largest absolute Gasteiger partial charge is 0.481 e. The summed E-state index contributed by atoms with van der Waals surface area (Å²) in [6, 6.07) is 0.135. The van der Waals surface area contributed by atoms with E-state index in [1.54, 1.807) is 6.92 Å². The molecule has 1 aliphatic rings. The maximum atomic E-state index is 11.4. The molecule has 1 fully saturated rings. The number of carboxylic acids is 1. The molecule has 0 bridgehead atoms. The zero-order valence-electron chi connectivity index (χ0n) is 10.6. The van der Waals surface area contributed by atoms with E-state index in [0.29, 0.717) is 12.8 Å². The van der Waals surface area contributed by atoms with Crippen LogP contribution in [0.15, 0.2) is 10.7 Å². The highest BCUT2D eigenvalue weighted by Crippen LogP contribution is 2.41. The first-order valence-electron chi connectivity index (χ1n) is 6.17. The van der Waals surface area contributed by atoms with Gasteiger partial charge in [-0.1, -0.05) is 6.42 Å². The Morgan fingerprint density at radius 1 is 1.58 bits per heavy atom. The molecule has 0 aliphatic heterocycles. The van der Waals surface area contributed by atoms with Crippen molar-refractivity contribution >= 4 is 18.0 Å². The molecule has 0 radical (unpaired) electrons. The third-order valence-corrected chi connectivity index (χ3v) is 3.33. The van der Waals surface area contributed by atoms with Gasteiger partial charge in [-0.25, -0.2) is 4.79 Å². The zero-order valence-corrected chi connectivity index (χ0v) is 10.6. The molecule has 19 heavy (non-hydrogen) atoms. The average molecular weight is 268 g/mol. The van der Waals surface area contributed by atoms with Gasteiger partial charge in [0.05, 0.1) is 12.0 Å². The summed E-state index contributed by atoms with van der Waals surface area (Å²) in [6.07, 6.45) is 3.38. The molecule has 7 nitrogen and oxygen atoms in total. The van der Waals surface area contributed by atoms with E-state index in [2.05, 4.69) is 10.3 Å². The van der Waals surface area contributed by atoms with Crippen molar-refractivity contribution in [1.82, 2.24) is 4.98 Å². The van der Waals surface area contributed by atoms with Gasteiger partial charge in [-0.05, 0) is 19.8 Å². The highest BCUT2D eigenvalue weighted by Gasteiger charge is 2.44. The van der Waals surface area contributed by atoms with E-state index in [-0.39, 0.29) is 24.9 Å². The lowest BCUT2D eigenvalue weighted by molar-refractivity contribution is -0.153. The highest BCUT2D eigenvalue weighted by atomic mass is 16.5. The number of aliphatic carboxylic acids is 1. The van der Waals surface area contributed by atoms with Crippen LogP contribution in [0.25, 0.3) is 0 Å². The summed E-state index contributed by atoms with van der Waals surface area (Å²) in [5.74, 6) is -1.38. The predicted octanol–water partition coefficient (Wildman–Crippen LogP) is 1.52. The third-order valence-electron chi connectivity index (χ3n) is 3.33. The predicted molar refractivity (Wildman–Crippen MR) is 64.9 cm³/mol. The summed E-state index contributed by atoms with van der Waals surface area (Å²) in [5, 5.41) is 12.0. The van der Waals surface area contributed by atoms with Crippen molar-refractivity contribution in [2.75, 3.05) is 18.5 Å². The van der Waals surface area contributed by atoms with Gasteiger partial charge < -0.3 is 19.6 Å². The van der Waals surface area contributed by atoms with E-state index >= 15 is 0 Å². The zero-order chi connectivity index (χ0) is 13.9. The summed E-state index contributed by atoms with van der Waals surface area (Å²) in [4.78, 5) is 26.4. The molecule has 2 rings (SSSR count). The Hall–Kier alpha value is -2.05. The van der Waals surface area contributed by atoms with Gasteiger partial charge >= 0.3 is 11.9 Å². The minimum absolute atomic E-state index is 0.0716. The number of carboxylic acid groups (broad SMARTS) is 1. The van der Waals surface area contributed by atoms with Gasteiger partial charge in [0, 0.05) is 6.54 Å². The fraction of sp³-hybridized carbons (Fsp3) is 0.583. The molecule has 1 aliphatic carbocycles. The molecule has 0 atom stereocenters. The summed E-state index contributed by atoms with van der Waals surface area (Å²) in [5.41, 5.74) is -0.666. The molecular weight excluding hydrogens is 252 g/mol. The molecular formula is C12H16N2O5. The molecule has 104 valence electrons. The van der Waals surface area contributed by atoms with Crippen molar-refractivity contribution in [3.8, 4) is 0 Å². The van der Waals surface area contributed by atoms with Crippen molar-refractivity contribution in [2.45, 2.75) is 26.2 Å². The first kappa shape index (κ1) is 13.4. The van der Waals surface area contributed by atoms with Crippen LogP contribution in [-0.2, 0) is 9.53 Å². The van der Waals surface area contributed by atoms with Gasteiger partial charge in [0.15, 0.2) is 5.69 Å². The maximum absolute atomic E-state index is 11.4. The Morgan fingerprint density at radius 2 is 2.32 bits per heavy atom.